The predicted octanol–water partition coefficient (Wildman–Crippen LogP) is -1.26. The van der Waals surface area contributed by atoms with E-state index in [1.807, 2.05) is 0 Å². The van der Waals surface area contributed by atoms with Gasteiger partial charge < -0.3 is 27.2 Å². The number of aromatic carboxylic acids is 1. The van der Waals surface area contributed by atoms with Gasteiger partial charge >= 0.3 is 5.97 Å². The molecule has 0 bridgehead atoms. The van der Waals surface area contributed by atoms with Crippen LogP contribution in [0.25, 0.3) is 0 Å². The fourth-order valence-corrected chi connectivity index (χ4v) is 1.54. The minimum atomic E-state index is -1.21. The van der Waals surface area contributed by atoms with Gasteiger partial charge in [0.15, 0.2) is 0 Å². The first kappa shape index (κ1) is 14.3. The van der Waals surface area contributed by atoms with E-state index in [0.29, 0.717) is 5.69 Å². The minimum Gasteiger partial charge on any atom is -0.478 e. The number of amides is 2. The number of carboxylic acid groups (broad SMARTS) is 1. The molecule has 7 N–H and O–H groups in total. The van der Waals surface area contributed by atoms with E-state index in [1.54, 1.807) is 0 Å². The van der Waals surface area contributed by atoms with Crippen molar-refractivity contribution in [1.82, 2.24) is 0 Å². The fourth-order valence-electron chi connectivity index (χ4n) is 1.54. The molecule has 0 aliphatic rings. The van der Waals surface area contributed by atoms with E-state index in [0.717, 1.165) is 0 Å². The minimum absolute atomic E-state index is 0.0781. The molecule has 8 nitrogen and oxygen atoms in total. The Kier molecular flexibility index (Phi) is 4.30. The van der Waals surface area contributed by atoms with Crippen LogP contribution in [0.4, 0.5) is 11.4 Å². The first-order valence-electron chi connectivity index (χ1n) is 5.25. The highest BCUT2D eigenvalue weighted by molar-refractivity contribution is 5.95. The predicted molar refractivity (Wildman–Crippen MR) is 68.4 cm³/mol. The second kappa shape index (κ2) is 5.71. The number of carbonyl (C=O) groups is 3. The molecule has 0 saturated carbocycles. The Morgan fingerprint density at radius 3 is 2.05 bits per heavy atom. The molecule has 1 rings (SSSR count). The Morgan fingerprint density at radius 1 is 1.11 bits per heavy atom. The van der Waals surface area contributed by atoms with Gasteiger partial charge in [-0.05, 0) is 18.2 Å². The molecule has 0 saturated heterocycles. The zero-order valence-electron chi connectivity index (χ0n) is 10.00. The summed E-state index contributed by atoms with van der Waals surface area (Å²) >= 11 is 0. The van der Waals surface area contributed by atoms with Crippen molar-refractivity contribution in [3.63, 3.8) is 0 Å². The van der Waals surface area contributed by atoms with Crippen LogP contribution < -0.4 is 22.1 Å². The van der Waals surface area contributed by atoms with Gasteiger partial charge in [0.05, 0.1) is 18.7 Å². The normalized spacial score (nSPS) is 9.89. The summed E-state index contributed by atoms with van der Waals surface area (Å²) < 4.78 is 0. The molecule has 1 aromatic carbocycles. The van der Waals surface area contributed by atoms with Crippen molar-refractivity contribution < 1.29 is 19.5 Å². The third-order valence-corrected chi connectivity index (χ3v) is 2.33. The third-order valence-electron chi connectivity index (χ3n) is 2.33. The van der Waals surface area contributed by atoms with Crippen LogP contribution in [0.3, 0.4) is 0 Å². The molecular formula is C11H14N4O4. The van der Waals surface area contributed by atoms with E-state index in [1.165, 1.54) is 23.1 Å². The summed E-state index contributed by atoms with van der Waals surface area (Å²) in [7, 11) is 0. The molecule has 0 radical (unpaired) electrons. The topological polar surface area (TPSA) is 153 Å². The molecule has 0 unspecified atom stereocenters. The van der Waals surface area contributed by atoms with Gasteiger partial charge in [0, 0.05) is 11.4 Å². The number of rotatable bonds is 6. The van der Waals surface area contributed by atoms with E-state index >= 15 is 0 Å². The molecule has 0 atom stereocenters. The lowest BCUT2D eigenvalue weighted by atomic mass is 10.1. The maximum atomic E-state index is 11.0. The number of hydrogen-bond donors (Lipinski definition) is 4. The zero-order valence-corrected chi connectivity index (χ0v) is 10.00. The van der Waals surface area contributed by atoms with Gasteiger partial charge in [0.2, 0.25) is 11.8 Å². The van der Waals surface area contributed by atoms with E-state index in [4.69, 9.17) is 22.3 Å². The van der Waals surface area contributed by atoms with Crippen LogP contribution >= 0.6 is 0 Å². The SMILES string of the molecule is NC(=O)CN(CC(N)=O)c1ccc(N)c(C(=O)O)c1. The highest BCUT2D eigenvalue weighted by Gasteiger charge is 2.15. The smallest absolute Gasteiger partial charge is 0.337 e. The lowest BCUT2D eigenvalue weighted by Crippen LogP contribution is -2.39. The first-order valence-corrected chi connectivity index (χ1v) is 5.25. The summed E-state index contributed by atoms with van der Waals surface area (Å²) in [5, 5.41) is 8.95. The molecule has 102 valence electrons. The van der Waals surface area contributed by atoms with Crippen LogP contribution in [0.2, 0.25) is 0 Å². The van der Waals surface area contributed by atoms with Crippen LogP contribution in [0, 0.1) is 0 Å². The standard InChI is InChI=1S/C11H14N4O4/c12-8-2-1-6(3-7(8)11(18)19)15(4-9(13)16)5-10(14)17/h1-3H,4-5,12H2,(H2,13,16)(H2,14,17)(H,18,19). The number of nitrogens with two attached hydrogens (primary N) is 3. The lowest BCUT2D eigenvalue weighted by molar-refractivity contribution is -0.117. The number of primary amides is 2. The summed E-state index contributed by atoms with van der Waals surface area (Å²) in [4.78, 5) is 34.1. The Labute approximate surface area is 108 Å². The highest BCUT2D eigenvalue weighted by Crippen LogP contribution is 2.21. The molecule has 0 aliphatic heterocycles. The van der Waals surface area contributed by atoms with Gasteiger partial charge in [-0.15, -0.1) is 0 Å². The first-order chi connectivity index (χ1) is 8.81. The number of carbonyl (C=O) groups excluding carboxylic acids is 2. The van der Waals surface area contributed by atoms with E-state index in [-0.39, 0.29) is 24.3 Å². The van der Waals surface area contributed by atoms with E-state index < -0.39 is 17.8 Å². The molecule has 2 amide bonds. The number of nitrogen functional groups attached to an aromatic ring is 1. The van der Waals surface area contributed by atoms with Gasteiger partial charge in [0.1, 0.15) is 0 Å². The Morgan fingerprint density at radius 2 is 1.63 bits per heavy atom. The molecule has 19 heavy (non-hydrogen) atoms. The van der Waals surface area contributed by atoms with Gasteiger partial charge in [-0.25, -0.2) is 4.79 Å². The monoisotopic (exact) mass is 266 g/mol. The fraction of sp³-hybridized carbons (Fsp3) is 0.182. The highest BCUT2D eigenvalue weighted by atomic mass is 16.4. The van der Waals surface area contributed by atoms with Crippen LogP contribution in [0.15, 0.2) is 18.2 Å². The van der Waals surface area contributed by atoms with E-state index in [9.17, 15) is 14.4 Å². The average Bonchev–Trinajstić information content (AvgIpc) is 2.27. The summed E-state index contributed by atoms with van der Waals surface area (Å²) in [5.41, 5.74) is 15.9. The van der Waals surface area contributed by atoms with Crippen molar-refractivity contribution in [3.05, 3.63) is 23.8 Å². The molecule has 0 fully saturated rings. The van der Waals surface area contributed by atoms with Crippen LogP contribution in [-0.2, 0) is 9.59 Å². The zero-order chi connectivity index (χ0) is 14.6. The molecular weight excluding hydrogens is 252 g/mol. The quantitative estimate of drug-likeness (QED) is 0.471. The average molecular weight is 266 g/mol. The largest absolute Gasteiger partial charge is 0.478 e. The Bertz CT molecular complexity index is 513. The number of carboxylic acids is 1. The molecule has 0 heterocycles. The van der Waals surface area contributed by atoms with Crippen LogP contribution in [-0.4, -0.2) is 36.0 Å². The van der Waals surface area contributed by atoms with E-state index in [2.05, 4.69) is 0 Å². The summed E-state index contributed by atoms with van der Waals surface area (Å²) in [6, 6.07) is 4.10. The van der Waals surface area contributed by atoms with Gasteiger partial charge in [-0.3, -0.25) is 9.59 Å². The van der Waals surface area contributed by atoms with Gasteiger partial charge in [-0.2, -0.15) is 0 Å². The number of hydrogen-bond acceptors (Lipinski definition) is 5. The molecule has 0 spiro atoms. The maximum absolute atomic E-state index is 11.0. The summed E-state index contributed by atoms with van der Waals surface area (Å²) in [6.45, 7) is -0.516. The summed E-state index contributed by atoms with van der Waals surface area (Å²) in [5.74, 6) is -2.55. The maximum Gasteiger partial charge on any atom is 0.337 e. The van der Waals surface area contributed by atoms with Crippen LogP contribution in [0.5, 0.6) is 0 Å². The molecule has 0 aromatic heterocycles. The number of anilines is 2. The van der Waals surface area contributed by atoms with Crippen molar-refractivity contribution in [1.29, 1.82) is 0 Å². The van der Waals surface area contributed by atoms with Gasteiger partial charge in [-0.1, -0.05) is 0 Å². The van der Waals surface area contributed by atoms with Crippen molar-refractivity contribution in [3.8, 4) is 0 Å². The second-order valence-electron chi connectivity index (χ2n) is 3.87. The molecule has 8 heteroatoms. The Balaban J connectivity index is 3.14. The molecule has 1 aromatic rings. The van der Waals surface area contributed by atoms with Crippen molar-refractivity contribution in [2.24, 2.45) is 11.5 Å². The number of nitrogens with zero attached hydrogens (tertiary/aromatic N) is 1. The molecule has 0 aliphatic carbocycles. The third kappa shape index (κ3) is 3.87. The van der Waals surface area contributed by atoms with Crippen molar-refractivity contribution in [2.75, 3.05) is 23.7 Å². The van der Waals surface area contributed by atoms with Crippen LogP contribution in [0.1, 0.15) is 10.4 Å². The second-order valence-corrected chi connectivity index (χ2v) is 3.87. The van der Waals surface area contributed by atoms with Gasteiger partial charge in [0.25, 0.3) is 0 Å². The van der Waals surface area contributed by atoms with Crippen molar-refractivity contribution >= 4 is 29.2 Å². The summed E-state index contributed by atoms with van der Waals surface area (Å²) in [6.07, 6.45) is 0. The lowest BCUT2D eigenvalue weighted by Gasteiger charge is -2.22. The Hall–Kier alpha value is -2.77. The van der Waals surface area contributed by atoms with Crippen molar-refractivity contribution in [2.45, 2.75) is 0 Å². The number of benzene rings is 1.